The van der Waals surface area contributed by atoms with Gasteiger partial charge in [0.15, 0.2) is 0 Å². The summed E-state index contributed by atoms with van der Waals surface area (Å²) < 4.78 is 6.67. The van der Waals surface area contributed by atoms with Crippen LogP contribution in [0, 0.1) is 10.1 Å². The second-order valence-electron chi connectivity index (χ2n) is 6.98. The largest absolute Gasteiger partial charge is 0.407 e. The van der Waals surface area contributed by atoms with Gasteiger partial charge in [-0.05, 0) is 29.8 Å². The van der Waals surface area contributed by atoms with Crippen LogP contribution in [0.2, 0.25) is 0 Å². The number of hydrogen-bond acceptors (Lipinski definition) is 7. The van der Waals surface area contributed by atoms with Crippen molar-refractivity contribution in [3.8, 4) is 0 Å². The molecular formula is C23H20N4O6. The molecule has 3 aromatic rings. The fourth-order valence-electron chi connectivity index (χ4n) is 3.14. The van der Waals surface area contributed by atoms with E-state index in [1.54, 1.807) is 18.2 Å². The molecule has 0 aliphatic rings. The summed E-state index contributed by atoms with van der Waals surface area (Å²) in [6.45, 7) is 3.79. The van der Waals surface area contributed by atoms with Crippen molar-refractivity contribution in [1.29, 1.82) is 0 Å². The molecule has 0 bridgehead atoms. The number of aromatic nitrogens is 1. The van der Waals surface area contributed by atoms with E-state index in [1.807, 2.05) is 12.1 Å². The lowest BCUT2D eigenvalue weighted by atomic mass is 10.2. The van der Waals surface area contributed by atoms with Crippen LogP contribution in [0.25, 0.3) is 17.0 Å². The van der Waals surface area contributed by atoms with Gasteiger partial charge < -0.3 is 4.74 Å². The van der Waals surface area contributed by atoms with E-state index in [4.69, 9.17) is 4.74 Å². The van der Waals surface area contributed by atoms with Crippen LogP contribution in [0.4, 0.5) is 5.69 Å². The van der Waals surface area contributed by atoms with Gasteiger partial charge in [-0.15, -0.1) is 0 Å². The third-order valence-electron chi connectivity index (χ3n) is 4.51. The molecule has 0 aliphatic heterocycles. The van der Waals surface area contributed by atoms with Gasteiger partial charge in [0.25, 0.3) is 5.69 Å². The monoisotopic (exact) mass is 448 g/mol. The van der Waals surface area contributed by atoms with Gasteiger partial charge in [-0.25, -0.2) is 0 Å². The smallest absolute Gasteiger partial charge is 0.309 e. The maximum atomic E-state index is 12.3. The van der Waals surface area contributed by atoms with E-state index >= 15 is 0 Å². The standard InChI is InChI=1S/C23H20N4O6/c1-15(28)25-21(12-19-6-4-5-7-22(19)25)13-23(33-17(3)30)26(16(2)29)24-14-18-8-10-20(11-9-18)27(31)32/h4-14H,1-3H3/b23-13-,24-14-. The maximum Gasteiger partial charge on any atom is 0.309 e. The molecule has 1 amide bonds. The van der Waals surface area contributed by atoms with Crippen LogP contribution >= 0.6 is 0 Å². The number of hydrazone groups is 1. The highest BCUT2D eigenvalue weighted by Gasteiger charge is 2.20. The first-order chi connectivity index (χ1) is 15.7. The number of para-hydroxylation sites is 1. The van der Waals surface area contributed by atoms with Crippen LogP contribution in [0.15, 0.2) is 65.6 Å². The van der Waals surface area contributed by atoms with Crippen molar-refractivity contribution in [3.63, 3.8) is 0 Å². The zero-order valence-electron chi connectivity index (χ0n) is 18.1. The molecule has 168 valence electrons. The summed E-state index contributed by atoms with van der Waals surface area (Å²) in [5.41, 5.74) is 1.43. The predicted molar refractivity (Wildman–Crippen MR) is 121 cm³/mol. The molecule has 0 spiro atoms. The number of nitro benzene ring substituents is 1. The Kier molecular flexibility index (Phi) is 6.77. The van der Waals surface area contributed by atoms with Gasteiger partial charge in [-0.2, -0.15) is 10.1 Å². The fourth-order valence-corrected chi connectivity index (χ4v) is 3.14. The van der Waals surface area contributed by atoms with Crippen molar-refractivity contribution in [2.75, 3.05) is 0 Å². The van der Waals surface area contributed by atoms with Gasteiger partial charge in [0.05, 0.1) is 22.3 Å². The summed E-state index contributed by atoms with van der Waals surface area (Å²) in [5, 5.41) is 16.6. The molecule has 0 atom stereocenters. The number of hydrogen-bond donors (Lipinski definition) is 0. The molecule has 1 heterocycles. The number of carbonyl (C=O) groups excluding carboxylic acids is 3. The highest BCUT2D eigenvalue weighted by atomic mass is 16.6. The summed E-state index contributed by atoms with van der Waals surface area (Å²) in [7, 11) is 0. The SMILES string of the molecule is CC(=O)O/C(=C\c1cc2ccccc2n1C(C)=O)N(/N=C\c1ccc([N+](=O)[O-])cc1)C(C)=O. The third-order valence-corrected chi connectivity index (χ3v) is 4.51. The van der Waals surface area contributed by atoms with E-state index in [-0.39, 0.29) is 17.5 Å². The van der Waals surface area contributed by atoms with E-state index in [1.165, 1.54) is 61.9 Å². The molecule has 3 rings (SSSR count). The number of ether oxygens (including phenoxy) is 1. The first-order valence-corrected chi connectivity index (χ1v) is 9.78. The first-order valence-electron chi connectivity index (χ1n) is 9.78. The lowest BCUT2D eigenvalue weighted by molar-refractivity contribution is -0.384. The molecule has 1 aromatic heterocycles. The number of amides is 1. The van der Waals surface area contributed by atoms with Crippen LogP contribution < -0.4 is 0 Å². The van der Waals surface area contributed by atoms with Crippen molar-refractivity contribution < 1.29 is 24.0 Å². The predicted octanol–water partition coefficient (Wildman–Crippen LogP) is 3.95. The van der Waals surface area contributed by atoms with Gasteiger partial charge in [0, 0.05) is 44.4 Å². The Morgan fingerprint density at radius 3 is 2.30 bits per heavy atom. The fraction of sp³-hybridized carbons (Fsp3) is 0.130. The second-order valence-corrected chi connectivity index (χ2v) is 6.98. The number of benzene rings is 2. The number of nitrogens with zero attached hydrogens (tertiary/aromatic N) is 4. The van der Waals surface area contributed by atoms with E-state index in [0.29, 0.717) is 16.8 Å². The molecule has 0 saturated heterocycles. The molecular weight excluding hydrogens is 428 g/mol. The van der Waals surface area contributed by atoms with Crippen molar-refractivity contribution in [1.82, 2.24) is 9.58 Å². The number of fused-ring (bicyclic) bond motifs is 1. The average Bonchev–Trinajstić information content (AvgIpc) is 3.11. The summed E-state index contributed by atoms with van der Waals surface area (Å²) in [6.07, 6.45) is 2.67. The Morgan fingerprint density at radius 2 is 1.73 bits per heavy atom. The number of non-ortho nitro benzene ring substituents is 1. The van der Waals surface area contributed by atoms with Crippen molar-refractivity contribution in [2.24, 2.45) is 5.10 Å². The Labute approximate surface area is 188 Å². The Balaban J connectivity index is 2.07. The maximum absolute atomic E-state index is 12.3. The zero-order valence-corrected chi connectivity index (χ0v) is 18.1. The Bertz CT molecular complexity index is 1300. The highest BCUT2D eigenvalue weighted by molar-refractivity contribution is 5.95. The topological polar surface area (TPSA) is 124 Å². The molecule has 0 fully saturated rings. The molecule has 0 saturated carbocycles. The normalized spacial score (nSPS) is 11.5. The number of carbonyl (C=O) groups is 3. The minimum Gasteiger partial charge on any atom is -0.407 e. The van der Waals surface area contributed by atoms with Crippen molar-refractivity contribution >= 4 is 46.7 Å². The summed E-state index contributed by atoms with van der Waals surface area (Å²) in [4.78, 5) is 46.7. The van der Waals surface area contributed by atoms with Crippen LogP contribution in [0.3, 0.4) is 0 Å². The van der Waals surface area contributed by atoms with Crippen LogP contribution in [-0.2, 0) is 14.3 Å². The number of rotatable bonds is 6. The van der Waals surface area contributed by atoms with E-state index < -0.39 is 16.8 Å². The molecule has 0 radical (unpaired) electrons. The van der Waals surface area contributed by atoms with Crippen LogP contribution in [0.5, 0.6) is 0 Å². The lowest BCUT2D eigenvalue weighted by Gasteiger charge is -2.17. The summed E-state index contributed by atoms with van der Waals surface area (Å²) in [5.74, 6) is -1.73. The van der Waals surface area contributed by atoms with E-state index in [9.17, 15) is 24.5 Å². The quantitative estimate of drug-likeness (QED) is 0.185. The van der Waals surface area contributed by atoms with Crippen molar-refractivity contribution in [3.05, 3.63) is 81.9 Å². The van der Waals surface area contributed by atoms with Crippen LogP contribution in [-0.4, -0.2) is 38.5 Å². The minimum absolute atomic E-state index is 0.0897. The first kappa shape index (κ1) is 23.1. The van der Waals surface area contributed by atoms with E-state index in [2.05, 4.69) is 5.10 Å². The highest BCUT2D eigenvalue weighted by Crippen LogP contribution is 2.23. The van der Waals surface area contributed by atoms with Gasteiger partial charge in [0.1, 0.15) is 0 Å². The molecule has 0 aliphatic carbocycles. The van der Waals surface area contributed by atoms with Gasteiger partial charge in [-0.1, -0.05) is 18.2 Å². The molecule has 2 aromatic carbocycles. The average molecular weight is 448 g/mol. The number of nitro groups is 1. The second kappa shape index (κ2) is 9.69. The molecule has 10 nitrogen and oxygen atoms in total. The Hall–Kier alpha value is -4.60. The lowest BCUT2D eigenvalue weighted by Crippen LogP contribution is -2.25. The Morgan fingerprint density at radius 1 is 1.06 bits per heavy atom. The van der Waals surface area contributed by atoms with Crippen molar-refractivity contribution in [2.45, 2.75) is 20.8 Å². The zero-order chi connectivity index (χ0) is 24.1. The van der Waals surface area contributed by atoms with Crippen LogP contribution in [0.1, 0.15) is 36.8 Å². The molecule has 0 N–H and O–H groups in total. The summed E-state index contributed by atoms with van der Waals surface area (Å²) >= 11 is 0. The van der Waals surface area contributed by atoms with Gasteiger partial charge in [0.2, 0.25) is 17.7 Å². The summed E-state index contributed by atoms with van der Waals surface area (Å²) in [6, 6.07) is 14.5. The minimum atomic E-state index is -0.691. The van der Waals surface area contributed by atoms with Gasteiger partial charge >= 0.3 is 5.97 Å². The molecule has 0 unspecified atom stereocenters. The van der Waals surface area contributed by atoms with E-state index in [0.717, 1.165) is 10.4 Å². The number of esters is 1. The molecule has 10 heteroatoms. The van der Waals surface area contributed by atoms with Gasteiger partial charge in [-0.3, -0.25) is 29.1 Å². The molecule has 33 heavy (non-hydrogen) atoms. The third kappa shape index (κ3) is 5.37.